The van der Waals surface area contributed by atoms with Crippen molar-refractivity contribution in [2.45, 2.75) is 12.9 Å². The van der Waals surface area contributed by atoms with Gasteiger partial charge in [-0.05, 0) is 42.5 Å². The van der Waals surface area contributed by atoms with Gasteiger partial charge in [0.2, 0.25) is 0 Å². The van der Waals surface area contributed by atoms with Gasteiger partial charge in [-0.15, -0.1) is 13.2 Å². The molecule has 21 heavy (non-hydrogen) atoms. The number of rotatable bonds is 4. The summed E-state index contributed by atoms with van der Waals surface area (Å²) in [7, 11) is 0. The molecule has 112 valence electrons. The number of alkyl halides is 3. The van der Waals surface area contributed by atoms with Gasteiger partial charge in [-0.25, -0.2) is 4.39 Å². The molecule has 0 atom stereocenters. The van der Waals surface area contributed by atoms with Crippen LogP contribution in [0.1, 0.15) is 5.56 Å². The Hall–Kier alpha value is -1.95. The normalized spacial score (nSPS) is 11.3. The van der Waals surface area contributed by atoms with Gasteiger partial charge in [0.1, 0.15) is 11.6 Å². The van der Waals surface area contributed by atoms with E-state index in [-0.39, 0.29) is 12.3 Å². The molecule has 2 aromatic carbocycles. The first-order chi connectivity index (χ1) is 9.83. The van der Waals surface area contributed by atoms with E-state index in [4.69, 9.17) is 11.6 Å². The third kappa shape index (κ3) is 4.82. The number of hydrogen-bond donors (Lipinski definition) is 1. The molecule has 0 fully saturated rings. The molecule has 0 spiro atoms. The Kier molecular flexibility index (Phi) is 4.57. The molecule has 0 bridgehead atoms. The number of nitrogens with one attached hydrogen (secondary N) is 1. The average Bonchev–Trinajstić information content (AvgIpc) is 2.40. The van der Waals surface area contributed by atoms with Crippen molar-refractivity contribution in [3.63, 3.8) is 0 Å². The topological polar surface area (TPSA) is 21.3 Å². The van der Waals surface area contributed by atoms with E-state index in [1.54, 1.807) is 0 Å². The Morgan fingerprint density at radius 1 is 1.05 bits per heavy atom. The van der Waals surface area contributed by atoms with E-state index < -0.39 is 12.2 Å². The molecule has 0 unspecified atom stereocenters. The maximum absolute atomic E-state index is 13.5. The lowest BCUT2D eigenvalue weighted by atomic mass is 10.2. The SMILES string of the molecule is Fc1ccc(Cl)cc1CNc1ccc(OC(F)(F)F)cc1. The Labute approximate surface area is 123 Å². The van der Waals surface area contributed by atoms with Crippen LogP contribution in [0.4, 0.5) is 23.2 Å². The summed E-state index contributed by atoms with van der Waals surface area (Å²) in [5.41, 5.74) is 0.891. The average molecular weight is 320 g/mol. The first kappa shape index (κ1) is 15.4. The van der Waals surface area contributed by atoms with Gasteiger partial charge in [-0.2, -0.15) is 0 Å². The third-order valence-corrected chi connectivity index (χ3v) is 2.81. The summed E-state index contributed by atoms with van der Waals surface area (Å²) in [5, 5.41) is 3.29. The van der Waals surface area contributed by atoms with E-state index in [0.717, 1.165) is 0 Å². The highest BCUT2D eigenvalue weighted by Crippen LogP contribution is 2.24. The van der Waals surface area contributed by atoms with Crippen molar-refractivity contribution in [3.05, 3.63) is 58.9 Å². The minimum absolute atomic E-state index is 0.159. The second-order valence-corrected chi connectivity index (χ2v) is 4.60. The van der Waals surface area contributed by atoms with Gasteiger partial charge < -0.3 is 10.1 Å². The molecule has 2 aromatic rings. The number of anilines is 1. The summed E-state index contributed by atoms with van der Waals surface area (Å²) >= 11 is 5.76. The van der Waals surface area contributed by atoms with E-state index in [2.05, 4.69) is 10.1 Å². The van der Waals surface area contributed by atoms with Crippen molar-refractivity contribution >= 4 is 17.3 Å². The predicted octanol–water partition coefficient (Wildman–Crippen LogP) is 4.99. The smallest absolute Gasteiger partial charge is 0.406 e. The fourth-order valence-corrected chi connectivity index (χ4v) is 1.85. The molecule has 0 aliphatic carbocycles. The van der Waals surface area contributed by atoms with Gasteiger partial charge in [-0.1, -0.05) is 11.6 Å². The van der Waals surface area contributed by atoms with Crippen LogP contribution in [0.5, 0.6) is 5.75 Å². The predicted molar refractivity (Wildman–Crippen MR) is 71.9 cm³/mol. The largest absolute Gasteiger partial charge is 0.573 e. The first-order valence-electron chi connectivity index (χ1n) is 5.87. The zero-order valence-corrected chi connectivity index (χ0v) is 11.3. The zero-order valence-electron chi connectivity index (χ0n) is 10.5. The molecule has 0 radical (unpaired) electrons. The highest BCUT2D eigenvalue weighted by molar-refractivity contribution is 6.30. The van der Waals surface area contributed by atoms with Gasteiger partial charge in [0.05, 0.1) is 0 Å². The Morgan fingerprint density at radius 3 is 2.33 bits per heavy atom. The summed E-state index contributed by atoms with van der Waals surface area (Å²) in [6.45, 7) is 0.159. The quantitative estimate of drug-likeness (QED) is 0.802. The Bertz CT molecular complexity index is 613. The van der Waals surface area contributed by atoms with Crippen LogP contribution in [-0.4, -0.2) is 6.36 Å². The monoisotopic (exact) mass is 319 g/mol. The van der Waals surface area contributed by atoms with Crippen LogP contribution in [0, 0.1) is 5.82 Å². The van der Waals surface area contributed by atoms with Crippen molar-refractivity contribution < 1.29 is 22.3 Å². The van der Waals surface area contributed by atoms with Crippen LogP contribution in [-0.2, 0) is 6.54 Å². The molecular formula is C14H10ClF4NO. The molecule has 2 nitrogen and oxygen atoms in total. The van der Waals surface area contributed by atoms with Gasteiger partial charge in [-0.3, -0.25) is 0 Å². The summed E-state index contributed by atoms with van der Waals surface area (Å²) in [4.78, 5) is 0. The Morgan fingerprint density at radius 2 is 1.71 bits per heavy atom. The van der Waals surface area contributed by atoms with E-state index in [1.165, 1.54) is 42.5 Å². The van der Waals surface area contributed by atoms with Crippen molar-refractivity contribution in [3.8, 4) is 5.75 Å². The number of hydrogen-bond acceptors (Lipinski definition) is 2. The van der Waals surface area contributed by atoms with E-state index in [9.17, 15) is 17.6 Å². The molecule has 0 saturated carbocycles. The molecular weight excluding hydrogens is 310 g/mol. The maximum Gasteiger partial charge on any atom is 0.573 e. The molecule has 0 aliphatic heterocycles. The molecule has 7 heteroatoms. The van der Waals surface area contributed by atoms with Gasteiger partial charge >= 0.3 is 6.36 Å². The molecule has 0 heterocycles. The number of benzene rings is 2. The lowest BCUT2D eigenvalue weighted by Gasteiger charge is -2.11. The minimum atomic E-state index is -4.72. The van der Waals surface area contributed by atoms with E-state index >= 15 is 0 Å². The summed E-state index contributed by atoms with van der Waals surface area (Å²) in [6, 6.07) is 9.32. The summed E-state index contributed by atoms with van der Waals surface area (Å²) in [6.07, 6.45) is -4.72. The second-order valence-electron chi connectivity index (χ2n) is 4.16. The summed E-state index contributed by atoms with van der Waals surface area (Å²) in [5.74, 6) is -0.731. The standard InChI is InChI=1S/C14H10ClF4NO/c15-10-1-6-13(16)9(7-10)8-20-11-2-4-12(5-3-11)21-14(17,18)19/h1-7,20H,8H2. The minimum Gasteiger partial charge on any atom is -0.406 e. The zero-order chi connectivity index (χ0) is 15.5. The van der Waals surface area contributed by atoms with Crippen LogP contribution < -0.4 is 10.1 Å². The van der Waals surface area contributed by atoms with Crippen LogP contribution >= 0.6 is 11.6 Å². The lowest BCUT2D eigenvalue weighted by Crippen LogP contribution is -2.17. The molecule has 0 aliphatic rings. The maximum atomic E-state index is 13.5. The third-order valence-electron chi connectivity index (χ3n) is 2.58. The molecule has 0 aromatic heterocycles. The number of ether oxygens (including phenoxy) is 1. The molecule has 0 amide bonds. The highest BCUT2D eigenvalue weighted by atomic mass is 35.5. The highest BCUT2D eigenvalue weighted by Gasteiger charge is 2.30. The van der Waals surface area contributed by atoms with Gasteiger partial charge in [0.25, 0.3) is 0 Å². The van der Waals surface area contributed by atoms with E-state index in [0.29, 0.717) is 16.3 Å². The molecule has 0 saturated heterocycles. The van der Waals surface area contributed by atoms with Crippen molar-refractivity contribution in [2.75, 3.05) is 5.32 Å². The Balaban J connectivity index is 1.99. The second kappa shape index (κ2) is 6.22. The number of halogens is 5. The van der Waals surface area contributed by atoms with E-state index in [1.807, 2.05) is 0 Å². The van der Waals surface area contributed by atoms with Gasteiger partial charge in [0, 0.05) is 22.8 Å². The summed E-state index contributed by atoms with van der Waals surface area (Å²) < 4.78 is 53.2. The van der Waals surface area contributed by atoms with Crippen molar-refractivity contribution in [1.29, 1.82) is 0 Å². The molecule has 2 rings (SSSR count). The van der Waals surface area contributed by atoms with Gasteiger partial charge in [0.15, 0.2) is 0 Å². The van der Waals surface area contributed by atoms with Crippen molar-refractivity contribution in [1.82, 2.24) is 0 Å². The van der Waals surface area contributed by atoms with Crippen LogP contribution in [0.3, 0.4) is 0 Å². The van der Waals surface area contributed by atoms with Crippen LogP contribution in [0.25, 0.3) is 0 Å². The van der Waals surface area contributed by atoms with Crippen molar-refractivity contribution in [2.24, 2.45) is 0 Å². The first-order valence-corrected chi connectivity index (χ1v) is 6.25. The fourth-order valence-electron chi connectivity index (χ4n) is 1.65. The van der Waals surface area contributed by atoms with Crippen LogP contribution in [0.15, 0.2) is 42.5 Å². The lowest BCUT2D eigenvalue weighted by molar-refractivity contribution is -0.274. The fraction of sp³-hybridized carbons (Fsp3) is 0.143. The van der Waals surface area contributed by atoms with Crippen LogP contribution in [0.2, 0.25) is 5.02 Å². The molecule has 1 N–H and O–H groups in total.